The predicted molar refractivity (Wildman–Crippen MR) is 65.3 cm³/mol. The van der Waals surface area contributed by atoms with Crippen molar-refractivity contribution in [1.82, 2.24) is 4.98 Å². The molecular weight excluding hydrogens is 220 g/mol. The van der Waals surface area contributed by atoms with Crippen LogP contribution in [0.2, 0.25) is 0 Å². The molecule has 0 saturated heterocycles. The molecule has 0 aliphatic heterocycles. The first-order valence-corrected chi connectivity index (χ1v) is 5.55. The third-order valence-electron chi connectivity index (χ3n) is 2.34. The zero-order valence-electron chi connectivity index (χ0n) is 10.3. The number of hydrogen-bond donors (Lipinski definition) is 3. The van der Waals surface area contributed by atoms with Gasteiger partial charge in [0.05, 0.1) is 6.10 Å². The number of carboxylic acids is 1. The quantitative estimate of drug-likeness (QED) is 0.726. The Kier molecular flexibility index (Phi) is 4.45. The van der Waals surface area contributed by atoms with Crippen molar-refractivity contribution in [3.63, 3.8) is 0 Å². The molecule has 2 atom stereocenters. The molecule has 0 aliphatic carbocycles. The van der Waals surface area contributed by atoms with Crippen molar-refractivity contribution in [3.05, 3.63) is 23.4 Å². The largest absolute Gasteiger partial charge is 0.478 e. The summed E-state index contributed by atoms with van der Waals surface area (Å²) in [4.78, 5) is 15.2. The van der Waals surface area contributed by atoms with Crippen LogP contribution in [0.5, 0.6) is 0 Å². The molecule has 2 unspecified atom stereocenters. The molecule has 17 heavy (non-hydrogen) atoms. The molecule has 94 valence electrons. The lowest BCUT2D eigenvalue weighted by Gasteiger charge is -2.17. The number of aliphatic hydroxyl groups excluding tert-OH is 1. The Hall–Kier alpha value is -1.62. The highest BCUT2D eigenvalue weighted by molar-refractivity contribution is 5.93. The van der Waals surface area contributed by atoms with Crippen LogP contribution in [0.3, 0.4) is 0 Å². The summed E-state index contributed by atoms with van der Waals surface area (Å²) < 4.78 is 0. The zero-order valence-corrected chi connectivity index (χ0v) is 10.3. The van der Waals surface area contributed by atoms with Gasteiger partial charge in [-0.1, -0.05) is 0 Å². The van der Waals surface area contributed by atoms with E-state index in [4.69, 9.17) is 5.11 Å². The highest BCUT2D eigenvalue weighted by atomic mass is 16.4. The fraction of sp³-hybridized carbons (Fsp3) is 0.500. The van der Waals surface area contributed by atoms with Crippen LogP contribution in [-0.4, -0.2) is 33.3 Å². The lowest BCUT2D eigenvalue weighted by atomic mass is 10.1. The predicted octanol–water partition coefficient (Wildman–Crippen LogP) is 1.66. The smallest absolute Gasteiger partial charge is 0.339 e. The van der Waals surface area contributed by atoms with Crippen molar-refractivity contribution in [2.45, 2.75) is 39.3 Å². The van der Waals surface area contributed by atoms with Gasteiger partial charge in [0.2, 0.25) is 0 Å². The summed E-state index contributed by atoms with van der Waals surface area (Å²) in [5.41, 5.74) is 0.898. The number of nitrogens with zero attached hydrogens (tertiary/aromatic N) is 1. The van der Waals surface area contributed by atoms with Crippen molar-refractivity contribution >= 4 is 11.8 Å². The number of aromatic carboxylic acids is 1. The molecule has 1 aromatic heterocycles. The van der Waals surface area contributed by atoms with E-state index in [-0.39, 0.29) is 11.6 Å². The third-order valence-corrected chi connectivity index (χ3v) is 2.34. The van der Waals surface area contributed by atoms with Gasteiger partial charge in [0.1, 0.15) is 11.4 Å². The molecule has 0 amide bonds. The molecule has 5 heteroatoms. The standard InChI is InChI=1S/C12H18N2O3/c1-7-4-5-10(12(16)17)11(13-7)14-8(2)6-9(3)15/h4-5,8-9,15H,6H2,1-3H3,(H,13,14)(H,16,17). The Morgan fingerprint density at radius 2 is 2.12 bits per heavy atom. The van der Waals surface area contributed by atoms with E-state index in [0.29, 0.717) is 12.2 Å². The van der Waals surface area contributed by atoms with Gasteiger partial charge in [-0.25, -0.2) is 9.78 Å². The van der Waals surface area contributed by atoms with E-state index in [9.17, 15) is 9.90 Å². The molecule has 1 aromatic rings. The molecule has 0 fully saturated rings. The van der Waals surface area contributed by atoms with E-state index < -0.39 is 12.1 Å². The van der Waals surface area contributed by atoms with Crippen molar-refractivity contribution in [1.29, 1.82) is 0 Å². The zero-order chi connectivity index (χ0) is 13.0. The maximum absolute atomic E-state index is 11.0. The van der Waals surface area contributed by atoms with Crippen molar-refractivity contribution < 1.29 is 15.0 Å². The maximum atomic E-state index is 11.0. The second-order valence-corrected chi connectivity index (χ2v) is 4.28. The number of pyridine rings is 1. The first-order valence-electron chi connectivity index (χ1n) is 5.55. The Bertz CT molecular complexity index is 405. The monoisotopic (exact) mass is 238 g/mol. The minimum absolute atomic E-state index is 0.0394. The van der Waals surface area contributed by atoms with Crippen LogP contribution < -0.4 is 5.32 Å². The molecule has 0 aromatic carbocycles. The number of rotatable bonds is 5. The van der Waals surface area contributed by atoms with Crippen LogP contribution in [-0.2, 0) is 0 Å². The number of hydrogen-bond acceptors (Lipinski definition) is 4. The minimum atomic E-state index is -1.01. The molecule has 0 spiro atoms. The van der Waals surface area contributed by atoms with Gasteiger partial charge >= 0.3 is 5.97 Å². The number of aryl methyl sites for hydroxylation is 1. The summed E-state index contributed by atoms with van der Waals surface area (Å²) in [6.07, 6.45) is 0.102. The molecule has 5 nitrogen and oxygen atoms in total. The molecule has 1 heterocycles. The summed E-state index contributed by atoms with van der Waals surface area (Å²) in [5.74, 6) is -0.658. The van der Waals surface area contributed by atoms with Crippen LogP contribution in [0.4, 0.5) is 5.82 Å². The average Bonchev–Trinajstić information content (AvgIpc) is 2.15. The van der Waals surface area contributed by atoms with E-state index in [0.717, 1.165) is 5.69 Å². The number of carboxylic acid groups (broad SMARTS) is 1. The topological polar surface area (TPSA) is 82.5 Å². The molecule has 3 N–H and O–H groups in total. The maximum Gasteiger partial charge on any atom is 0.339 e. The van der Waals surface area contributed by atoms with Crippen LogP contribution in [0.15, 0.2) is 12.1 Å². The first kappa shape index (κ1) is 13.4. The molecule has 0 aliphatic rings. The molecule has 1 rings (SSSR count). The van der Waals surface area contributed by atoms with E-state index >= 15 is 0 Å². The van der Waals surface area contributed by atoms with Crippen LogP contribution in [0, 0.1) is 6.92 Å². The molecule has 0 saturated carbocycles. The lowest BCUT2D eigenvalue weighted by Crippen LogP contribution is -2.22. The highest BCUT2D eigenvalue weighted by Crippen LogP contribution is 2.15. The van der Waals surface area contributed by atoms with Gasteiger partial charge in [-0.3, -0.25) is 0 Å². The number of aliphatic hydroxyl groups is 1. The van der Waals surface area contributed by atoms with Crippen LogP contribution >= 0.6 is 0 Å². The Labute approximate surface area is 101 Å². The van der Waals surface area contributed by atoms with Crippen molar-refractivity contribution in [2.75, 3.05) is 5.32 Å². The van der Waals surface area contributed by atoms with Crippen molar-refractivity contribution in [3.8, 4) is 0 Å². The number of nitrogens with one attached hydrogen (secondary N) is 1. The summed E-state index contributed by atoms with van der Waals surface area (Å²) in [6, 6.07) is 3.15. The number of aromatic nitrogens is 1. The van der Waals surface area contributed by atoms with Crippen molar-refractivity contribution in [2.24, 2.45) is 0 Å². The molecular formula is C12H18N2O3. The highest BCUT2D eigenvalue weighted by Gasteiger charge is 2.14. The van der Waals surface area contributed by atoms with Crippen LogP contribution in [0.1, 0.15) is 36.3 Å². The second-order valence-electron chi connectivity index (χ2n) is 4.28. The van der Waals surface area contributed by atoms with Gasteiger partial charge in [-0.15, -0.1) is 0 Å². The summed E-state index contributed by atoms with van der Waals surface area (Å²) >= 11 is 0. The Morgan fingerprint density at radius 3 is 2.65 bits per heavy atom. The lowest BCUT2D eigenvalue weighted by molar-refractivity contribution is 0.0697. The average molecular weight is 238 g/mol. The van der Waals surface area contributed by atoms with Crippen LogP contribution in [0.25, 0.3) is 0 Å². The van der Waals surface area contributed by atoms with Gasteiger partial charge < -0.3 is 15.5 Å². The van der Waals surface area contributed by atoms with Gasteiger partial charge in [0, 0.05) is 11.7 Å². The van der Waals surface area contributed by atoms with E-state index in [1.165, 1.54) is 6.07 Å². The van der Waals surface area contributed by atoms with E-state index in [1.54, 1.807) is 19.9 Å². The van der Waals surface area contributed by atoms with Gasteiger partial charge in [0.15, 0.2) is 0 Å². The van der Waals surface area contributed by atoms with E-state index in [2.05, 4.69) is 10.3 Å². The molecule has 0 bridgehead atoms. The summed E-state index contributed by atoms with van der Waals surface area (Å²) in [6.45, 7) is 5.37. The normalized spacial score (nSPS) is 14.1. The summed E-state index contributed by atoms with van der Waals surface area (Å²) in [7, 11) is 0. The minimum Gasteiger partial charge on any atom is -0.478 e. The van der Waals surface area contributed by atoms with E-state index in [1.807, 2.05) is 6.92 Å². The van der Waals surface area contributed by atoms with Gasteiger partial charge in [-0.05, 0) is 39.3 Å². The SMILES string of the molecule is Cc1ccc(C(=O)O)c(NC(C)CC(C)O)n1. The van der Waals surface area contributed by atoms with Gasteiger partial charge in [-0.2, -0.15) is 0 Å². The fourth-order valence-corrected chi connectivity index (χ4v) is 1.64. The third kappa shape index (κ3) is 4.03. The summed E-state index contributed by atoms with van der Waals surface area (Å²) in [5, 5.41) is 21.3. The molecule has 0 radical (unpaired) electrons. The number of anilines is 1. The Morgan fingerprint density at radius 1 is 1.47 bits per heavy atom. The second kappa shape index (κ2) is 5.63. The number of carbonyl (C=O) groups is 1. The Balaban J connectivity index is 2.88. The fourth-order valence-electron chi connectivity index (χ4n) is 1.64. The van der Waals surface area contributed by atoms with Gasteiger partial charge in [0.25, 0.3) is 0 Å². The first-order chi connectivity index (χ1) is 7.90.